The standard InChI is InChI=1S/C19H29N5O3/c1-22(14-5-3-2-4-6-14)18(25)7-8-19(26)23-10-9-17-16(12-23)24-15(13-27-17)11-20-21-24/h11,14,16-17H,2-10,12-13H2,1H3/t16-,17+/m0/s1. The highest BCUT2D eigenvalue weighted by Gasteiger charge is 2.37. The third-order valence-electron chi connectivity index (χ3n) is 6.35. The Morgan fingerprint density at radius 3 is 2.85 bits per heavy atom. The molecule has 3 aliphatic rings. The van der Waals surface area contributed by atoms with E-state index in [0.29, 0.717) is 32.2 Å². The molecule has 4 rings (SSSR count). The average Bonchev–Trinajstić information content (AvgIpc) is 3.20. The summed E-state index contributed by atoms with van der Waals surface area (Å²) < 4.78 is 7.79. The van der Waals surface area contributed by atoms with Crippen LogP contribution in [-0.2, 0) is 20.9 Å². The van der Waals surface area contributed by atoms with Crippen molar-refractivity contribution in [1.82, 2.24) is 24.8 Å². The Balaban J connectivity index is 1.29. The van der Waals surface area contributed by atoms with Gasteiger partial charge in [0, 0.05) is 39.0 Å². The van der Waals surface area contributed by atoms with E-state index in [2.05, 4.69) is 10.3 Å². The van der Waals surface area contributed by atoms with Gasteiger partial charge in [-0.2, -0.15) is 0 Å². The van der Waals surface area contributed by atoms with Crippen LogP contribution in [0.3, 0.4) is 0 Å². The minimum absolute atomic E-state index is 0.0227. The van der Waals surface area contributed by atoms with Gasteiger partial charge in [0.05, 0.1) is 30.6 Å². The summed E-state index contributed by atoms with van der Waals surface area (Å²) in [7, 11) is 1.89. The SMILES string of the molecule is CN(C(=O)CCC(=O)N1CC[C@H]2OCc3cnnn3[C@H]2C1)C1CCCCC1. The van der Waals surface area contributed by atoms with Crippen LogP contribution in [0.2, 0.25) is 0 Å². The fraction of sp³-hybridized carbons (Fsp3) is 0.789. The molecule has 0 unspecified atom stereocenters. The largest absolute Gasteiger partial charge is 0.370 e. The highest BCUT2D eigenvalue weighted by atomic mass is 16.5. The highest BCUT2D eigenvalue weighted by molar-refractivity contribution is 5.84. The van der Waals surface area contributed by atoms with Crippen molar-refractivity contribution in [2.24, 2.45) is 0 Å². The van der Waals surface area contributed by atoms with Gasteiger partial charge in [-0.25, -0.2) is 4.68 Å². The number of ether oxygens (including phenoxy) is 1. The lowest BCUT2D eigenvalue weighted by Crippen LogP contribution is -2.50. The molecule has 0 spiro atoms. The molecule has 148 valence electrons. The second-order valence-electron chi connectivity index (χ2n) is 8.01. The second-order valence-corrected chi connectivity index (χ2v) is 8.01. The Bertz CT molecular complexity index is 685. The summed E-state index contributed by atoms with van der Waals surface area (Å²) in [5.74, 6) is 0.135. The monoisotopic (exact) mass is 375 g/mol. The smallest absolute Gasteiger partial charge is 0.223 e. The van der Waals surface area contributed by atoms with Crippen molar-refractivity contribution in [1.29, 1.82) is 0 Å². The van der Waals surface area contributed by atoms with Gasteiger partial charge in [-0.15, -0.1) is 5.10 Å². The van der Waals surface area contributed by atoms with Crippen molar-refractivity contribution >= 4 is 11.8 Å². The molecule has 2 atom stereocenters. The minimum Gasteiger partial charge on any atom is -0.370 e. The first kappa shape index (κ1) is 18.4. The van der Waals surface area contributed by atoms with Gasteiger partial charge in [0.25, 0.3) is 0 Å². The van der Waals surface area contributed by atoms with Crippen molar-refractivity contribution in [3.63, 3.8) is 0 Å². The highest BCUT2D eigenvalue weighted by Crippen LogP contribution is 2.30. The summed E-state index contributed by atoms with van der Waals surface area (Å²) in [6, 6.07) is 0.372. The van der Waals surface area contributed by atoms with Crippen LogP contribution < -0.4 is 0 Å². The average molecular weight is 375 g/mol. The predicted octanol–water partition coefficient (Wildman–Crippen LogP) is 1.52. The second kappa shape index (κ2) is 7.96. The zero-order valence-electron chi connectivity index (χ0n) is 16.0. The molecule has 2 amide bonds. The van der Waals surface area contributed by atoms with Crippen LogP contribution in [0, 0.1) is 0 Å². The van der Waals surface area contributed by atoms with E-state index in [1.165, 1.54) is 19.3 Å². The molecular formula is C19H29N5O3. The van der Waals surface area contributed by atoms with Gasteiger partial charge in [0.15, 0.2) is 0 Å². The molecule has 0 radical (unpaired) electrons. The lowest BCUT2D eigenvalue weighted by atomic mass is 9.94. The van der Waals surface area contributed by atoms with Gasteiger partial charge in [0.2, 0.25) is 11.8 Å². The Morgan fingerprint density at radius 2 is 2.04 bits per heavy atom. The molecule has 0 aromatic carbocycles. The maximum Gasteiger partial charge on any atom is 0.223 e. The van der Waals surface area contributed by atoms with Gasteiger partial charge in [-0.05, 0) is 19.3 Å². The number of hydrogen-bond donors (Lipinski definition) is 0. The van der Waals surface area contributed by atoms with E-state index in [-0.39, 0.29) is 30.4 Å². The van der Waals surface area contributed by atoms with E-state index in [0.717, 1.165) is 25.0 Å². The van der Waals surface area contributed by atoms with Crippen molar-refractivity contribution in [3.05, 3.63) is 11.9 Å². The first-order valence-corrected chi connectivity index (χ1v) is 10.2. The number of amides is 2. The third kappa shape index (κ3) is 3.85. The number of fused-ring (bicyclic) bond motifs is 3. The fourth-order valence-corrected chi connectivity index (χ4v) is 4.63. The van der Waals surface area contributed by atoms with Crippen molar-refractivity contribution in [2.45, 2.75) is 76.2 Å². The molecule has 0 N–H and O–H groups in total. The molecule has 1 saturated heterocycles. The molecule has 0 bridgehead atoms. The van der Waals surface area contributed by atoms with Crippen LogP contribution in [0.25, 0.3) is 0 Å². The molecule has 1 aromatic rings. The van der Waals surface area contributed by atoms with Crippen molar-refractivity contribution in [3.8, 4) is 0 Å². The van der Waals surface area contributed by atoms with Gasteiger partial charge in [0.1, 0.15) is 0 Å². The van der Waals surface area contributed by atoms with Crippen LogP contribution in [-0.4, -0.2) is 68.9 Å². The van der Waals surface area contributed by atoms with E-state index in [4.69, 9.17) is 4.74 Å². The summed E-state index contributed by atoms with van der Waals surface area (Å²) in [6.07, 6.45) is 9.01. The van der Waals surface area contributed by atoms with E-state index in [9.17, 15) is 9.59 Å². The molecular weight excluding hydrogens is 346 g/mol. The first-order valence-electron chi connectivity index (χ1n) is 10.2. The van der Waals surface area contributed by atoms with E-state index >= 15 is 0 Å². The number of carbonyl (C=O) groups excluding carboxylic acids is 2. The van der Waals surface area contributed by atoms with Gasteiger partial charge >= 0.3 is 0 Å². The number of hydrogen-bond acceptors (Lipinski definition) is 5. The minimum atomic E-state index is 0.0227. The number of likely N-dealkylation sites (tertiary alicyclic amines) is 1. The molecule has 1 aliphatic carbocycles. The quantitative estimate of drug-likeness (QED) is 0.797. The number of carbonyl (C=O) groups is 2. The van der Waals surface area contributed by atoms with E-state index < -0.39 is 0 Å². The fourth-order valence-electron chi connectivity index (χ4n) is 4.63. The van der Waals surface area contributed by atoms with Crippen LogP contribution in [0.5, 0.6) is 0 Å². The van der Waals surface area contributed by atoms with Crippen LogP contribution in [0.1, 0.15) is 63.1 Å². The van der Waals surface area contributed by atoms with Crippen molar-refractivity contribution < 1.29 is 14.3 Å². The van der Waals surface area contributed by atoms with Gasteiger partial charge in [-0.1, -0.05) is 24.5 Å². The molecule has 1 saturated carbocycles. The Kier molecular flexibility index (Phi) is 5.43. The molecule has 2 fully saturated rings. The van der Waals surface area contributed by atoms with Gasteiger partial charge < -0.3 is 14.5 Å². The number of nitrogens with zero attached hydrogens (tertiary/aromatic N) is 5. The maximum absolute atomic E-state index is 12.7. The Morgan fingerprint density at radius 1 is 1.22 bits per heavy atom. The van der Waals surface area contributed by atoms with E-state index in [1.807, 2.05) is 21.5 Å². The van der Waals surface area contributed by atoms with Gasteiger partial charge in [-0.3, -0.25) is 9.59 Å². The normalized spacial score (nSPS) is 25.6. The molecule has 8 heteroatoms. The van der Waals surface area contributed by atoms with Crippen LogP contribution in [0.4, 0.5) is 0 Å². The Hall–Kier alpha value is -1.96. The Labute approximate surface area is 159 Å². The lowest BCUT2D eigenvalue weighted by molar-refractivity contribution is -0.141. The predicted molar refractivity (Wildman–Crippen MR) is 97.7 cm³/mol. The lowest BCUT2D eigenvalue weighted by Gasteiger charge is -2.41. The zero-order valence-corrected chi connectivity index (χ0v) is 16.0. The molecule has 2 aliphatic heterocycles. The summed E-state index contributed by atoms with van der Waals surface area (Å²) in [6.45, 7) is 1.79. The summed E-state index contributed by atoms with van der Waals surface area (Å²) in [5, 5.41) is 8.14. The topological polar surface area (TPSA) is 80.6 Å². The molecule has 1 aromatic heterocycles. The summed E-state index contributed by atoms with van der Waals surface area (Å²) in [5.41, 5.74) is 0.954. The number of rotatable bonds is 4. The molecule has 3 heterocycles. The van der Waals surface area contributed by atoms with Crippen LogP contribution >= 0.6 is 0 Å². The number of aromatic nitrogens is 3. The molecule has 27 heavy (non-hydrogen) atoms. The molecule has 8 nitrogen and oxygen atoms in total. The summed E-state index contributed by atoms with van der Waals surface area (Å²) in [4.78, 5) is 28.9. The summed E-state index contributed by atoms with van der Waals surface area (Å²) >= 11 is 0. The van der Waals surface area contributed by atoms with E-state index in [1.54, 1.807) is 6.20 Å². The maximum atomic E-state index is 12.7. The van der Waals surface area contributed by atoms with Crippen molar-refractivity contribution in [2.75, 3.05) is 20.1 Å². The first-order chi connectivity index (χ1) is 13.1. The van der Waals surface area contributed by atoms with Crippen LogP contribution in [0.15, 0.2) is 6.20 Å². The zero-order chi connectivity index (χ0) is 18.8. The number of piperidine rings is 1. The third-order valence-corrected chi connectivity index (χ3v) is 6.35.